The van der Waals surface area contributed by atoms with Gasteiger partial charge < -0.3 is 14.7 Å². The van der Waals surface area contributed by atoms with Gasteiger partial charge in [0.1, 0.15) is 0 Å². The Morgan fingerprint density at radius 2 is 1.79 bits per heavy atom. The van der Waals surface area contributed by atoms with E-state index in [1.165, 1.54) is 4.90 Å². The minimum absolute atomic E-state index is 0.359. The van der Waals surface area contributed by atoms with Crippen LogP contribution in [0.2, 0.25) is 0 Å². The number of aliphatic carboxylic acids is 1. The van der Waals surface area contributed by atoms with E-state index in [0.29, 0.717) is 31.9 Å². The number of hydrogen-bond acceptors (Lipinski definition) is 5. The lowest BCUT2D eigenvalue weighted by atomic mass is 9.95. The number of benzene rings is 1. The van der Waals surface area contributed by atoms with Gasteiger partial charge in [0.15, 0.2) is 9.84 Å². The number of carboxylic acid groups (broad SMARTS) is 1. The third-order valence-corrected chi connectivity index (χ3v) is 5.55. The van der Waals surface area contributed by atoms with Crippen LogP contribution < -0.4 is 0 Å². The Labute approximate surface area is 141 Å². The fraction of sp³-hybridized carbons (Fsp3) is 0.500. The van der Waals surface area contributed by atoms with Crippen LogP contribution in [-0.2, 0) is 24.2 Å². The molecule has 0 aliphatic carbocycles. The number of carbonyl (C=O) groups is 2. The molecule has 1 N–H and O–H groups in total. The van der Waals surface area contributed by atoms with Crippen LogP contribution in [0.15, 0.2) is 30.3 Å². The van der Waals surface area contributed by atoms with Gasteiger partial charge in [-0.15, -0.1) is 0 Å². The number of carbonyl (C=O) groups excluding carboxylic acids is 1. The third kappa shape index (κ3) is 4.55. The van der Waals surface area contributed by atoms with E-state index < -0.39 is 27.0 Å². The number of hydrogen-bond donors (Lipinski definition) is 1. The van der Waals surface area contributed by atoms with Gasteiger partial charge in [0.2, 0.25) is 5.91 Å². The van der Waals surface area contributed by atoms with Crippen LogP contribution in [0, 0.1) is 5.92 Å². The highest BCUT2D eigenvalue weighted by Crippen LogP contribution is 2.33. The summed E-state index contributed by atoms with van der Waals surface area (Å²) < 4.78 is 29.6. The second kappa shape index (κ2) is 7.76. The molecule has 0 saturated carbocycles. The molecule has 0 aromatic heterocycles. The number of morpholine rings is 1. The lowest BCUT2D eigenvalue weighted by molar-refractivity contribution is -0.147. The van der Waals surface area contributed by atoms with Crippen molar-refractivity contribution in [1.29, 1.82) is 0 Å². The largest absolute Gasteiger partial charge is 0.481 e. The van der Waals surface area contributed by atoms with Gasteiger partial charge in [0.25, 0.3) is 0 Å². The number of amides is 1. The molecule has 8 heteroatoms. The van der Waals surface area contributed by atoms with E-state index in [-0.39, 0.29) is 12.3 Å². The lowest BCUT2D eigenvalue weighted by Crippen LogP contribution is -2.43. The summed E-state index contributed by atoms with van der Waals surface area (Å²) in [5.74, 6) is -3.00. The number of nitrogens with zero attached hydrogens (tertiary/aromatic N) is 1. The van der Waals surface area contributed by atoms with Crippen molar-refractivity contribution in [3.8, 4) is 0 Å². The molecule has 2 atom stereocenters. The van der Waals surface area contributed by atoms with Crippen LogP contribution in [0.1, 0.15) is 17.2 Å². The first-order valence-electron chi connectivity index (χ1n) is 7.63. The molecule has 0 radical (unpaired) electrons. The Kier molecular flexibility index (Phi) is 5.95. The van der Waals surface area contributed by atoms with Crippen molar-refractivity contribution in [2.75, 3.05) is 32.6 Å². The van der Waals surface area contributed by atoms with Crippen LogP contribution in [-0.4, -0.2) is 62.9 Å². The summed E-state index contributed by atoms with van der Waals surface area (Å²) in [6.45, 7) is 1.58. The maximum Gasteiger partial charge on any atom is 0.308 e. The van der Waals surface area contributed by atoms with Gasteiger partial charge in [0, 0.05) is 25.8 Å². The summed E-state index contributed by atoms with van der Waals surface area (Å²) in [5.41, 5.74) is 0.377. The average molecular weight is 355 g/mol. The molecule has 1 aromatic carbocycles. The fourth-order valence-electron chi connectivity index (χ4n) is 2.87. The van der Waals surface area contributed by atoms with Gasteiger partial charge in [0.05, 0.1) is 24.4 Å². The first-order chi connectivity index (χ1) is 11.3. The molecule has 1 heterocycles. The smallest absolute Gasteiger partial charge is 0.308 e. The minimum atomic E-state index is -3.71. The van der Waals surface area contributed by atoms with Gasteiger partial charge in [-0.25, -0.2) is 8.42 Å². The molecule has 1 fully saturated rings. The Morgan fingerprint density at radius 3 is 2.29 bits per heavy atom. The van der Waals surface area contributed by atoms with Crippen molar-refractivity contribution in [3.63, 3.8) is 0 Å². The standard InChI is InChI=1S/C16H21NO6S/c1-24(21,22)15(12-5-3-2-4-6-12)13(16(19)20)11-14(18)17-7-9-23-10-8-17/h2-6,13,15H,7-11H2,1H3,(H,19,20)/t13?,15-/m0/s1. The summed E-state index contributed by atoms with van der Waals surface area (Å²) in [7, 11) is -3.71. The lowest BCUT2D eigenvalue weighted by Gasteiger charge is -2.29. The van der Waals surface area contributed by atoms with Crippen molar-refractivity contribution in [2.45, 2.75) is 11.7 Å². The SMILES string of the molecule is CS(=O)(=O)[C@@H](c1ccccc1)C(CC(=O)N1CCOCC1)C(=O)O. The van der Waals surface area contributed by atoms with Crippen LogP contribution >= 0.6 is 0 Å². The fourth-order valence-corrected chi connectivity index (χ4v) is 4.34. The number of ether oxygens (including phenoxy) is 1. The van der Waals surface area contributed by atoms with Gasteiger partial charge in [-0.1, -0.05) is 30.3 Å². The molecule has 1 unspecified atom stereocenters. The highest BCUT2D eigenvalue weighted by molar-refractivity contribution is 7.91. The van der Waals surface area contributed by atoms with E-state index in [4.69, 9.17) is 4.74 Å². The molecular formula is C16H21NO6S. The van der Waals surface area contributed by atoms with Crippen LogP contribution in [0.4, 0.5) is 0 Å². The molecule has 24 heavy (non-hydrogen) atoms. The first kappa shape index (κ1) is 18.4. The van der Waals surface area contributed by atoms with E-state index >= 15 is 0 Å². The van der Waals surface area contributed by atoms with E-state index in [0.717, 1.165) is 6.26 Å². The van der Waals surface area contributed by atoms with Crippen molar-refractivity contribution >= 4 is 21.7 Å². The molecule has 0 bridgehead atoms. The summed E-state index contributed by atoms with van der Waals surface area (Å²) in [5, 5.41) is 8.29. The molecule has 1 aliphatic heterocycles. The van der Waals surface area contributed by atoms with Gasteiger partial charge in [-0.05, 0) is 5.56 Å². The Bertz CT molecular complexity index is 682. The summed E-state index contributed by atoms with van der Waals surface area (Å²) in [6, 6.07) is 8.16. The second-order valence-corrected chi connectivity index (χ2v) is 7.97. The zero-order valence-electron chi connectivity index (χ0n) is 13.4. The Hall–Kier alpha value is -1.93. The van der Waals surface area contributed by atoms with Crippen molar-refractivity contribution in [3.05, 3.63) is 35.9 Å². The molecule has 1 aliphatic rings. The van der Waals surface area contributed by atoms with Crippen LogP contribution in [0.3, 0.4) is 0 Å². The van der Waals surface area contributed by atoms with Crippen molar-refractivity contribution in [1.82, 2.24) is 4.90 Å². The summed E-state index contributed by atoms with van der Waals surface area (Å²) in [4.78, 5) is 25.6. The predicted octanol–water partition coefficient (Wildman–Crippen LogP) is 0.722. The zero-order valence-corrected chi connectivity index (χ0v) is 14.2. The quantitative estimate of drug-likeness (QED) is 0.807. The van der Waals surface area contributed by atoms with E-state index in [2.05, 4.69) is 0 Å². The normalized spacial score (nSPS) is 18.0. The van der Waals surface area contributed by atoms with Gasteiger partial charge in [-0.3, -0.25) is 9.59 Å². The topological polar surface area (TPSA) is 101 Å². The molecule has 1 aromatic rings. The van der Waals surface area contributed by atoms with Crippen LogP contribution in [0.5, 0.6) is 0 Å². The zero-order chi connectivity index (χ0) is 17.7. The monoisotopic (exact) mass is 355 g/mol. The molecular weight excluding hydrogens is 334 g/mol. The molecule has 2 rings (SSSR count). The maximum absolute atomic E-state index is 12.4. The molecule has 0 spiro atoms. The minimum Gasteiger partial charge on any atom is -0.481 e. The molecule has 132 valence electrons. The Balaban J connectivity index is 2.29. The summed E-state index contributed by atoms with van der Waals surface area (Å²) in [6.07, 6.45) is 0.641. The second-order valence-electron chi connectivity index (χ2n) is 5.80. The van der Waals surface area contributed by atoms with Crippen molar-refractivity contribution < 1.29 is 27.9 Å². The molecule has 1 amide bonds. The summed E-state index contributed by atoms with van der Waals surface area (Å²) >= 11 is 0. The highest BCUT2D eigenvalue weighted by Gasteiger charge is 2.39. The van der Waals surface area contributed by atoms with Gasteiger partial charge >= 0.3 is 5.97 Å². The molecule has 7 nitrogen and oxygen atoms in total. The predicted molar refractivity (Wildman–Crippen MR) is 87.2 cm³/mol. The van der Waals surface area contributed by atoms with Crippen LogP contribution in [0.25, 0.3) is 0 Å². The van der Waals surface area contributed by atoms with E-state index in [9.17, 15) is 23.1 Å². The molecule has 1 saturated heterocycles. The van der Waals surface area contributed by atoms with Crippen molar-refractivity contribution in [2.24, 2.45) is 5.92 Å². The van der Waals surface area contributed by atoms with Gasteiger partial charge in [-0.2, -0.15) is 0 Å². The first-order valence-corrected chi connectivity index (χ1v) is 9.58. The number of carboxylic acids is 1. The van der Waals surface area contributed by atoms with E-state index in [1.807, 2.05) is 0 Å². The third-order valence-electron chi connectivity index (χ3n) is 4.03. The highest BCUT2D eigenvalue weighted by atomic mass is 32.2. The number of rotatable bonds is 6. The average Bonchev–Trinajstić information content (AvgIpc) is 2.54. The maximum atomic E-state index is 12.4. The Morgan fingerprint density at radius 1 is 1.21 bits per heavy atom. The number of sulfone groups is 1. The van der Waals surface area contributed by atoms with E-state index in [1.54, 1.807) is 30.3 Å².